The number of hydrogen-bond acceptors (Lipinski definition) is 5. The predicted octanol–water partition coefficient (Wildman–Crippen LogP) is 3.16. The van der Waals surface area contributed by atoms with E-state index in [0.29, 0.717) is 0 Å². The van der Waals surface area contributed by atoms with Gasteiger partial charge in [0, 0.05) is 29.3 Å². The maximum Gasteiger partial charge on any atom is 0.414 e. The summed E-state index contributed by atoms with van der Waals surface area (Å²) in [5.41, 5.74) is 4.82. The maximum atomic E-state index is 14.3. The van der Waals surface area contributed by atoms with Gasteiger partial charge < -0.3 is 20.5 Å². The summed E-state index contributed by atoms with van der Waals surface area (Å²) in [4.78, 5) is 27.9. The fourth-order valence-electron chi connectivity index (χ4n) is 3.75. The van der Waals surface area contributed by atoms with Crippen molar-refractivity contribution in [3.63, 3.8) is 0 Å². The van der Waals surface area contributed by atoms with Gasteiger partial charge >= 0.3 is 6.18 Å². The molecule has 0 spiro atoms. The highest BCUT2D eigenvalue weighted by Gasteiger charge is 2.57. The molecule has 2 heterocycles. The van der Waals surface area contributed by atoms with E-state index in [1.807, 2.05) is 0 Å². The van der Waals surface area contributed by atoms with Crippen molar-refractivity contribution < 1.29 is 41.0 Å². The summed E-state index contributed by atoms with van der Waals surface area (Å²) in [5, 5.41) is 2.35. The first-order chi connectivity index (χ1) is 15.0. The summed E-state index contributed by atoms with van der Waals surface area (Å²) in [6.45, 7) is 1.19. The Kier molecular flexibility index (Phi) is 6.35. The van der Waals surface area contributed by atoms with Crippen LogP contribution in [0.1, 0.15) is 28.9 Å². The SMILES string of the molecule is COc1c([C@H]2[C@@H](C)[C@H](C(F)(F)F)O[C@H]2C(=O)Nc2ccnc(C(N)=O)c2)ccc(F)c1F. The highest BCUT2D eigenvalue weighted by molar-refractivity contribution is 5.97. The van der Waals surface area contributed by atoms with Gasteiger partial charge in [-0.2, -0.15) is 17.6 Å². The molecule has 0 aliphatic carbocycles. The Labute approximate surface area is 178 Å². The van der Waals surface area contributed by atoms with Crippen molar-refractivity contribution in [1.82, 2.24) is 4.98 Å². The molecule has 1 aromatic carbocycles. The van der Waals surface area contributed by atoms with Gasteiger partial charge in [-0.05, 0) is 18.2 Å². The van der Waals surface area contributed by atoms with E-state index >= 15 is 0 Å². The smallest absolute Gasteiger partial charge is 0.414 e. The number of rotatable bonds is 5. The first-order valence-electron chi connectivity index (χ1n) is 9.26. The number of methoxy groups -OCH3 is 1. The van der Waals surface area contributed by atoms with Gasteiger partial charge in [0.25, 0.3) is 11.8 Å². The number of amides is 2. The fraction of sp³-hybridized carbons (Fsp3) is 0.350. The second-order valence-electron chi connectivity index (χ2n) is 7.17. The van der Waals surface area contributed by atoms with Crippen LogP contribution in [0.2, 0.25) is 0 Å². The molecule has 7 nitrogen and oxygen atoms in total. The zero-order chi connectivity index (χ0) is 23.8. The Morgan fingerprint density at radius 3 is 2.50 bits per heavy atom. The molecule has 0 saturated carbocycles. The second kappa shape index (κ2) is 8.69. The molecular weight excluding hydrogens is 441 g/mol. The van der Waals surface area contributed by atoms with E-state index in [2.05, 4.69) is 10.3 Å². The Morgan fingerprint density at radius 1 is 1.22 bits per heavy atom. The number of anilines is 1. The molecule has 1 aliphatic heterocycles. The number of carbonyl (C=O) groups is 2. The normalized spacial score (nSPS) is 23.1. The van der Waals surface area contributed by atoms with E-state index in [1.54, 1.807) is 0 Å². The number of ether oxygens (including phenoxy) is 2. The quantitative estimate of drug-likeness (QED) is 0.669. The molecule has 3 rings (SSSR count). The third-order valence-corrected chi connectivity index (χ3v) is 5.17. The average Bonchev–Trinajstić information content (AvgIpc) is 3.07. The summed E-state index contributed by atoms with van der Waals surface area (Å²) in [7, 11) is 1.03. The van der Waals surface area contributed by atoms with Gasteiger partial charge in [0.05, 0.1) is 7.11 Å². The molecule has 4 atom stereocenters. The van der Waals surface area contributed by atoms with Crippen LogP contribution in [0.4, 0.5) is 27.6 Å². The lowest BCUT2D eigenvalue weighted by atomic mass is 9.81. The van der Waals surface area contributed by atoms with Crippen LogP contribution in [0.3, 0.4) is 0 Å². The summed E-state index contributed by atoms with van der Waals surface area (Å²) >= 11 is 0. The molecule has 1 aromatic heterocycles. The van der Waals surface area contributed by atoms with Gasteiger partial charge in [-0.3, -0.25) is 14.6 Å². The van der Waals surface area contributed by atoms with Crippen LogP contribution in [0.15, 0.2) is 30.5 Å². The van der Waals surface area contributed by atoms with Crippen LogP contribution >= 0.6 is 0 Å². The molecule has 1 aliphatic rings. The monoisotopic (exact) mass is 459 g/mol. The van der Waals surface area contributed by atoms with Crippen molar-refractivity contribution >= 4 is 17.5 Å². The zero-order valence-corrected chi connectivity index (χ0v) is 16.7. The second-order valence-corrected chi connectivity index (χ2v) is 7.17. The van der Waals surface area contributed by atoms with Gasteiger partial charge in [0.15, 0.2) is 17.7 Å². The molecule has 1 saturated heterocycles. The minimum Gasteiger partial charge on any atom is -0.493 e. The molecule has 2 aromatic rings. The molecule has 0 radical (unpaired) electrons. The lowest BCUT2D eigenvalue weighted by Gasteiger charge is -2.24. The number of nitrogens with two attached hydrogens (primary N) is 1. The Balaban J connectivity index is 2.02. The number of nitrogens with one attached hydrogen (secondary N) is 1. The highest BCUT2D eigenvalue weighted by Crippen LogP contribution is 2.49. The predicted molar refractivity (Wildman–Crippen MR) is 101 cm³/mol. The van der Waals surface area contributed by atoms with Crippen molar-refractivity contribution in [3.05, 3.63) is 53.4 Å². The summed E-state index contributed by atoms with van der Waals surface area (Å²) in [6, 6.07) is 4.21. The Bertz CT molecular complexity index is 1050. The van der Waals surface area contributed by atoms with Crippen LogP contribution in [-0.2, 0) is 9.53 Å². The van der Waals surface area contributed by atoms with E-state index in [0.717, 1.165) is 25.3 Å². The number of benzene rings is 1. The van der Waals surface area contributed by atoms with Crippen molar-refractivity contribution in [3.8, 4) is 5.75 Å². The molecule has 12 heteroatoms. The van der Waals surface area contributed by atoms with Crippen molar-refractivity contribution in [2.75, 3.05) is 12.4 Å². The van der Waals surface area contributed by atoms with Crippen LogP contribution in [0.5, 0.6) is 5.75 Å². The minimum absolute atomic E-state index is 0.0292. The third kappa shape index (κ3) is 4.35. The van der Waals surface area contributed by atoms with Gasteiger partial charge in [-0.1, -0.05) is 13.0 Å². The molecule has 2 amide bonds. The number of carbonyl (C=O) groups excluding carboxylic acids is 2. The number of halogens is 5. The standard InChI is InChI=1S/C20H18F5N3O4/c1-8-13(10-3-4-11(21)14(22)15(10)31-2)16(32-17(8)20(23,24)25)19(30)28-9-5-6-27-12(7-9)18(26)29/h3-8,13,16-17H,1-2H3,(H2,26,29)(H,27,28,30)/t8-,13-,16-,17-/m1/s1. The molecule has 0 bridgehead atoms. The van der Waals surface area contributed by atoms with Gasteiger partial charge in [0.1, 0.15) is 11.8 Å². The number of alkyl halides is 3. The maximum absolute atomic E-state index is 14.3. The van der Waals surface area contributed by atoms with Crippen molar-refractivity contribution in [1.29, 1.82) is 0 Å². The van der Waals surface area contributed by atoms with E-state index in [4.69, 9.17) is 15.2 Å². The Morgan fingerprint density at radius 2 is 1.91 bits per heavy atom. The first kappa shape index (κ1) is 23.4. The molecule has 32 heavy (non-hydrogen) atoms. The topological polar surface area (TPSA) is 104 Å². The van der Waals surface area contributed by atoms with Crippen molar-refractivity contribution in [2.24, 2.45) is 11.7 Å². The lowest BCUT2D eigenvalue weighted by molar-refractivity contribution is -0.221. The highest BCUT2D eigenvalue weighted by atomic mass is 19.4. The minimum atomic E-state index is -4.83. The average molecular weight is 459 g/mol. The number of nitrogens with zero attached hydrogens (tertiary/aromatic N) is 1. The number of primary amides is 1. The van der Waals surface area contributed by atoms with E-state index in [1.165, 1.54) is 19.2 Å². The molecule has 3 N–H and O–H groups in total. The van der Waals surface area contributed by atoms with Crippen LogP contribution in [0.25, 0.3) is 0 Å². The molecule has 1 fully saturated rings. The van der Waals surface area contributed by atoms with Crippen LogP contribution < -0.4 is 15.8 Å². The number of hydrogen-bond donors (Lipinski definition) is 2. The van der Waals surface area contributed by atoms with Gasteiger partial charge in [-0.15, -0.1) is 0 Å². The largest absolute Gasteiger partial charge is 0.493 e. The van der Waals surface area contributed by atoms with E-state index in [-0.39, 0.29) is 16.9 Å². The van der Waals surface area contributed by atoms with E-state index in [9.17, 15) is 31.5 Å². The molecule has 172 valence electrons. The number of pyridine rings is 1. The van der Waals surface area contributed by atoms with Crippen molar-refractivity contribution in [2.45, 2.75) is 31.2 Å². The summed E-state index contributed by atoms with van der Waals surface area (Å²) < 4.78 is 78.5. The fourth-order valence-corrected chi connectivity index (χ4v) is 3.75. The third-order valence-electron chi connectivity index (χ3n) is 5.17. The first-order valence-corrected chi connectivity index (χ1v) is 9.26. The summed E-state index contributed by atoms with van der Waals surface area (Å²) in [6.07, 6.45) is -7.74. The van der Waals surface area contributed by atoms with E-state index < -0.39 is 59.4 Å². The molecular formula is C20H18F5N3O4. The lowest BCUT2D eigenvalue weighted by Crippen LogP contribution is -2.35. The number of aromatic nitrogens is 1. The van der Waals surface area contributed by atoms with Crippen LogP contribution in [-0.4, -0.2) is 42.3 Å². The molecule has 0 unspecified atom stereocenters. The van der Waals surface area contributed by atoms with Gasteiger partial charge in [0.2, 0.25) is 5.82 Å². The van der Waals surface area contributed by atoms with Crippen LogP contribution in [0, 0.1) is 17.6 Å². The Hall–Kier alpha value is -3.28. The summed E-state index contributed by atoms with van der Waals surface area (Å²) in [5.74, 6) is -7.83. The van der Waals surface area contributed by atoms with Gasteiger partial charge in [-0.25, -0.2) is 4.39 Å². The zero-order valence-electron chi connectivity index (χ0n) is 16.7.